The van der Waals surface area contributed by atoms with Crippen molar-refractivity contribution >= 4 is 23.2 Å². The zero-order valence-electron chi connectivity index (χ0n) is 14.5. The van der Waals surface area contributed by atoms with Crippen molar-refractivity contribution in [1.82, 2.24) is 19.9 Å². The molecule has 7 nitrogen and oxygen atoms in total. The second-order valence-corrected chi connectivity index (χ2v) is 6.32. The van der Waals surface area contributed by atoms with Crippen molar-refractivity contribution in [3.05, 3.63) is 68.2 Å². The van der Waals surface area contributed by atoms with Gasteiger partial charge in [0.05, 0.1) is 6.61 Å². The van der Waals surface area contributed by atoms with E-state index in [2.05, 4.69) is 15.4 Å². The smallest absolute Gasteiger partial charge is 0.276 e. The van der Waals surface area contributed by atoms with Crippen molar-refractivity contribution in [3.63, 3.8) is 0 Å². The third kappa shape index (κ3) is 3.63. The molecule has 0 unspecified atom stereocenters. The average molecular weight is 375 g/mol. The Bertz CT molecular complexity index is 992. The molecule has 0 aliphatic rings. The van der Waals surface area contributed by atoms with Gasteiger partial charge in [-0.2, -0.15) is 0 Å². The first kappa shape index (κ1) is 18.2. The Morgan fingerprint density at radius 2 is 2.08 bits per heavy atom. The molecule has 0 bridgehead atoms. The van der Waals surface area contributed by atoms with Crippen molar-refractivity contribution in [2.75, 3.05) is 20.3 Å². The number of benzene rings is 1. The van der Waals surface area contributed by atoms with Gasteiger partial charge in [-0.05, 0) is 24.6 Å². The van der Waals surface area contributed by atoms with E-state index in [0.717, 1.165) is 5.56 Å². The molecule has 3 aromatic rings. The van der Waals surface area contributed by atoms with Gasteiger partial charge >= 0.3 is 0 Å². The molecule has 0 saturated heterocycles. The molecule has 2 aromatic heterocycles. The fourth-order valence-corrected chi connectivity index (χ4v) is 2.82. The summed E-state index contributed by atoms with van der Waals surface area (Å²) < 4.78 is 6.21. The number of aryl methyl sites for hydroxylation is 1. The first-order valence-electron chi connectivity index (χ1n) is 8.12. The Kier molecular flexibility index (Phi) is 5.39. The van der Waals surface area contributed by atoms with E-state index in [1.54, 1.807) is 26.2 Å². The highest BCUT2D eigenvalue weighted by Gasteiger charge is 2.18. The molecular weight excluding hydrogens is 356 g/mol. The number of fused-ring (bicyclic) bond motifs is 1. The lowest BCUT2D eigenvalue weighted by molar-refractivity contribution is 0.0938. The average Bonchev–Trinajstić information content (AvgIpc) is 3.04. The van der Waals surface area contributed by atoms with Gasteiger partial charge < -0.3 is 10.1 Å². The van der Waals surface area contributed by atoms with Crippen LogP contribution in [0.4, 0.5) is 0 Å². The van der Waals surface area contributed by atoms with Crippen LogP contribution in [0, 0.1) is 6.92 Å². The summed E-state index contributed by atoms with van der Waals surface area (Å²) in [4.78, 5) is 29.6. The van der Waals surface area contributed by atoms with E-state index in [4.69, 9.17) is 16.3 Å². The van der Waals surface area contributed by atoms with Gasteiger partial charge in [-0.25, -0.2) is 9.50 Å². The van der Waals surface area contributed by atoms with Crippen molar-refractivity contribution in [2.24, 2.45) is 0 Å². The van der Waals surface area contributed by atoms with Crippen LogP contribution in [0.3, 0.4) is 0 Å². The Morgan fingerprint density at radius 3 is 2.77 bits per heavy atom. The Morgan fingerprint density at radius 1 is 1.35 bits per heavy atom. The first-order valence-corrected chi connectivity index (χ1v) is 8.50. The number of rotatable bonds is 6. The summed E-state index contributed by atoms with van der Waals surface area (Å²) >= 11 is 5.90. The largest absolute Gasteiger partial charge is 0.383 e. The fraction of sp³-hybridized carbons (Fsp3) is 0.278. The van der Waals surface area contributed by atoms with Crippen LogP contribution in [-0.2, 0) is 11.2 Å². The topological polar surface area (TPSA) is 88.5 Å². The van der Waals surface area contributed by atoms with Crippen LogP contribution in [-0.4, -0.2) is 40.8 Å². The van der Waals surface area contributed by atoms with E-state index in [9.17, 15) is 9.59 Å². The maximum absolute atomic E-state index is 12.8. The number of H-pyrrole nitrogens is 1. The number of ether oxygens (including phenoxy) is 1. The van der Waals surface area contributed by atoms with Crippen LogP contribution in [0.1, 0.15) is 27.2 Å². The van der Waals surface area contributed by atoms with E-state index >= 15 is 0 Å². The van der Waals surface area contributed by atoms with E-state index in [1.807, 2.05) is 12.1 Å². The van der Waals surface area contributed by atoms with Crippen LogP contribution in [0.5, 0.6) is 0 Å². The van der Waals surface area contributed by atoms with Gasteiger partial charge in [0.15, 0.2) is 5.65 Å². The molecule has 0 aliphatic heterocycles. The molecule has 0 spiro atoms. The highest BCUT2D eigenvalue weighted by atomic mass is 35.5. The number of hydrogen-bond acceptors (Lipinski definition) is 4. The van der Waals surface area contributed by atoms with Gasteiger partial charge in [-0.3, -0.25) is 14.7 Å². The molecule has 1 amide bonds. The maximum atomic E-state index is 12.8. The minimum Gasteiger partial charge on any atom is -0.383 e. The fourth-order valence-electron chi connectivity index (χ4n) is 2.70. The minimum atomic E-state index is -0.308. The number of aromatic nitrogens is 3. The summed E-state index contributed by atoms with van der Waals surface area (Å²) in [5.74, 6) is -0.308. The zero-order valence-corrected chi connectivity index (χ0v) is 15.3. The maximum Gasteiger partial charge on any atom is 0.276 e. The number of nitrogens with zero attached hydrogens (tertiary/aromatic N) is 2. The summed E-state index contributed by atoms with van der Waals surface area (Å²) in [7, 11) is 1.56. The molecule has 2 heterocycles. The predicted molar refractivity (Wildman–Crippen MR) is 99.0 cm³/mol. The third-order valence-corrected chi connectivity index (χ3v) is 4.34. The zero-order chi connectivity index (χ0) is 18.7. The number of aromatic amines is 1. The van der Waals surface area contributed by atoms with E-state index in [0.29, 0.717) is 47.1 Å². The number of hydrogen-bond donors (Lipinski definition) is 2. The second kappa shape index (κ2) is 7.72. The molecule has 0 radical (unpaired) electrons. The molecule has 0 fully saturated rings. The molecular formula is C18H19ClN4O3. The standard InChI is InChI=1S/C18H19ClN4O3/c1-11-14(9-12-3-5-13(19)6-4-12)18(25)23-16(22-11)15(10-21-23)17(24)20-7-8-26-2/h3-6,10,21H,7-9H2,1-2H3,(H,20,24). The van der Waals surface area contributed by atoms with Crippen molar-refractivity contribution in [2.45, 2.75) is 13.3 Å². The highest BCUT2D eigenvalue weighted by Crippen LogP contribution is 2.15. The molecule has 0 aliphatic carbocycles. The second-order valence-electron chi connectivity index (χ2n) is 5.88. The third-order valence-electron chi connectivity index (χ3n) is 4.09. The predicted octanol–water partition coefficient (Wildman–Crippen LogP) is 1.95. The number of carbonyl (C=O) groups excluding carboxylic acids is 1. The van der Waals surface area contributed by atoms with E-state index < -0.39 is 0 Å². The lowest BCUT2D eigenvalue weighted by Gasteiger charge is -2.07. The first-order chi connectivity index (χ1) is 12.5. The van der Waals surface area contributed by atoms with Gasteiger partial charge in [0.25, 0.3) is 11.5 Å². The van der Waals surface area contributed by atoms with Crippen LogP contribution in [0.15, 0.2) is 35.3 Å². The molecule has 0 saturated carbocycles. The van der Waals surface area contributed by atoms with Crippen molar-refractivity contribution in [1.29, 1.82) is 0 Å². The molecule has 0 atom stereocenters. The van der Waals surface area contributed by atoms with Crippen molar-refractivity contribution in [3.8, 4) is 0 Å². The minimum absolute atomic E-state index is 0.224. The van der Waals surface area contributed by atoms with Crippen LogP contribution in [0.2, 0.25) is 5.02 Å². The van der Waals surface area contributed by atoms with Gasteiger partial charge in [-0.1, -0.05) is 23.7 Å². The number of methoxy groups -OCH3 is 1. The monoisotopic (exact) mass is 374 g/mol. The van der Waals surface area contributed by atoms with Crippen LogP contribution >= 0.6 is 11.6 Å². The highest BCUT2D eigenvalue weighted by molar-refractivity contribution is 6.30. The molecule has 136 valence electrons. The summed E-state index contributed by atoms with van der Waals surface area (Å²) in [6.07, 6.45) is 1.92. The van der Waals surface area contributed by atoms with Crippen molar-refractivity contribution < 1.29 is 9.53 Å². The molecule has 8 heteroatoms. The van der Waals surface area contributed by atoms with Gasteiger partial charge in [0.2, 0.25) is 0 Å². The lowest BCUT2D eigenvalue weighted by atomic mass is 10.1. The molecule has 1 aromatic carbocycles. The number of amides is 1. The quantitative estimate of drug-likeness (QED) is 0.645. The number of halogens is 1. The summed E-state index contributed by atoms with van der Waals surface area (Å²) in [6, 6.07) is 7.32. The van der Waals surface area contributed by atoms with Crippen LogP contribution in [0.25, 0.3) is 5.65 Å². The number of nitrogens with one attached hydrogen (secondary N) is 2. The summed E-state index contributed by atoms with van der Waals surface area (Å²) in [6.45, 7) is 2.56. The van der Waals surface area contributed by atoms with E-state index in [1.165, 1.54) is 10.7 Å². The summed E-state index contributed by atoms with van der Waals surface area (Å²) in [5, 5.41) is 6.19. The number of carbonyl (C=O) groups is 1. The Labute approximate surface area is 154 Å². The molecule has 26 heavy (non-hydrogen) atoms. The Hall–Kier alpha value is -2.64. The Balaban J connectivity index is 1.95. The lowest BCUT2D eigenvalue weighted by Crippen LogP contribution is -2.28. The molecule has 2 N–H and O–H groups in total. The van der Waals surface area contributed by atoms with E-state index in [-0.39, 0.29) is 11.5 Å². The normalized spacial score (nSPS) is 11.0. The van der Waals surface area contributed by atoms with Gasteiger partial charge in [0.1, 0.15) is 5.56 Å². The SMILES string of the molecule is COCCNC(=O)c1c[nH]n2c(=O)c(Cc3ccc(Cl)cc3)c(C)nc12. The van der Waals surface area contributed by atoms with Gasteiger partial charge in [0, 0.05) is 42.6 Å². The van der Waals surface area contributed by atoms with Crippen LogP contribution < -0.4 is 10.9 Å². The van der Waals surface area contributed by atoms with Gasteiger partial charge in [-0.15, -0.1) is 0 Å². The molecule has 3 rings (SSSR count). The summed E-state index contributed by atoms with van der Waals surface area (Å²) in [5.41, 5.74) is 2.52.